The molecular weight excluding hydrogens is 266 g/mol. The van der Waals surface area contributed by atoms with Gasteiger partial charge in [-0.25, -0.2) is 0 Å². The van der Waals surface area contributed by atoms with Crippen molar-refractivity contribution in [3.63, 3.8) is 0 Å². The van der Waals surface area contributed by atoms with Gasteiger partial charge in [0.25, 0.3) is 0 Å². The van der Waals surface area contributed by atoms with Gasteiger partial charge in [-0.05, 0) is 55.2 Å². The highest BCUT2D eigenvalue weighted by molar-refractivity contribution is 6.30. The molecule has 0 radical (unpaired) electrons. The van der Waals surface area contributed by atoms with Crippen LogP contribution >= 0.6 is 11.6 Å². The fourth-order valence-electron chi connectivity index (χ4n) is 3.83. The second-order valence-corrected chi connectivity index (χ2v) is 7.25. The van der Waals surface area contributed by atoms with E-state index in [2.05, 4.69) is 30.4 Å². The van der Waals surface area contributed by atoms with Crippen molar-refractivity contribution in [2.24, 2.45) is 5.92 Å². The van der Waals surface area contributed by atoms with Crippen molar-refractivity contribution in [1.29, 1.82) is 0 Å². The molecule has 3 rings (SSSR count). The van der Waals surface area contributed by atoms with Crippen molar-refractivity contribution in [3.05, 3.63) is 34.9 Å². The van der Waals surface area contributed by atoms with Crippen LogP contribution in [0.3, 0.4) is 0 Å². The normalized spacial score (nSPS) is 34.3. The molecule has 2 atom stereocenters. The summed E-state index contributed by atoms with van der Waals surface area (Å²) >= 11 is 6.08. The maximum absolute atomic E-state index is 6.08. The van der Waals surface area contributed by atoms with Gasteiger partial charge < -0.3 is 5.32 Å². The smallest absolute Gasteiger partial charge is 0.0408 e. The molecule has 2 heteroatoms. The van der Waals surface area contributed by atoms with Gasteiger partial charge in [0.05, 0.1) is 0 Å². The number of hydrogen-bond acceptors (Lipinski definition) is 1. The lowest BCUT2D eigenvalue weighted by molar-refractivity contribution is 0.229. The zero-order chi connectivity index (χ0) is 13.9. The van der Waals surface area contributed by atoms with Crippen molar-refractivity contribution in [2.45, 2.75) is 69.9 Å². The van der Waals surface area contributed by atoms with E-state index in [1.807, 2.05) is 6.07 Å². The van der Waals surface area contributed by atoms with E-state index in [1.54, 1.807) is 0 Å². The van der Waals surface area contributed by atoms with Crippen molar-refractivity contribution >= 4 is 11.6 Å². The summed E-state index contributed by atoms with van der Waals surface area (Å²) in [5.41, 5.74) is 1.42. The monoisotopic (exact) mass is 291 g/mol. The Bertz CT molecular complexity index is 439. The second kappa shape index (κ2) is 6.49. The first-order valence-corrected chi connectivity index (χ1v) is 8.61. The topological polar surface area (TPSA) is 12.0 Å². The molecule has 0 spiro atoms. The van der Waals surface area contributed by atoms with Crippen LogP contribution in [0.4, 0.5) is 0 Å². The molecule has 0 bridgehead atoms. The molecule has 2 aliphatic carbocycles. The third-order valence-corrected chi connectivity index (χ3v) is 5.50. The SMILES string of the molecule is CC1CCCCCC1NC1CC(c2cccc(Cl)c2)C1. The van der Waals surface area contributed by atoms with Gasteiger partial charge in [0, 0.05) is 17.1 Å². The van der Waals surface area contributed by atoms with E-state index in [0.717, 1.165) is 23.0 Å². The third kappa shape index (κ3) is 3.38. The molecule has 110 valence electrons. The van der Waals surface area contributed by atoms with Crippen molar-refractivity contribution < 1.29 is 0 Å². The van der Waals surface area contributed by atoms with Gasteiger partial charge in [-0.15, -0.1) is 0 Å². The Morgan fingerprint density at radius 1 is 1.10 bits per heavy atom. The zero-order valence-corrected chi connectivity index (χ0v) is 13.2. The van der Waals surface area contributed by atoms with E-state index in [1.165, 1.54) is 50.5 Å². The molecule has 2 aliphatic rings. The standard InChI is InChI=1S/C18H26ClN/c1-13-6-3-2-4-9-18(13)20-17-11-15(12-17)14-7-5-8-16(19)10-14/h5,7-8,10,13,15,17-18,20H,2-4,6,9,11-12H2,1H3. The number of nitrogens with one attached hydrogen (secondary N) is 1. The molecule has 1 aromatic carbocycles. The highest BCUT2D eigenvalue weighted by Gasteiger charge is 2.33. The van der Waals surface area contributed by atoms with Gasteiger partial charge in [-0.2, -0.15) is 0 Å². The predicted octanol–water partition coefficient (Wildman–Crippen LogP) is 5.14. The van der Waals surface area contributed by atoms with Gasteiger partial charge >= 0.3 is 0 Å². The van der Waals surface area contributed by atoms with Gasteiger partial charge in [0.1, 0.15) is 0 Å². The van der Waals surface area contributed by atoms with Crippen LogP contribution in [0.5, 0.6) is 0 Å². The number of benzene rings is 1. The van der Waals surface area contributed by atoms with Gasteiger partial charge in [-0.1, -0.05) is 49.9 Å². The van der Waals surface area contributed by atoms with E-state index in [-0.39, 0.29) is 0 Å². The first kappa shape index (κ1) is 14.4. The van der Waals surface area contributed by atoms with Crippen LogP contribution in [0.1, 0.15) is 63.4 Å². The van der Waals surface area contributed by atoms with Crippen LogP contribution in [0.15, 0.2) is 24.3 Å². The quantitative estimate of drug-likeness (QED) is 0.760. The Kier molecular flexibility index (Phi) is 4.68. The van der Waals surface area contributed by atoms with Crippen LogP contribution in [0.2, 0.25) is 5.02 Å². The van der Waals surface area contributed by atoms with E-state index in [4.69, 9.17) is 11.6 Å². The number of rotatable bonds is 3. The highest BCUT2D eigenvalue weighted by atomic mass is 35.5. The summed E-state index contributed by atoms with van der Waals surface area (Å²) < 4.78 is 0. The first-order chi connectivity index (χ1) is 9.72. The molecule has 0 aromatic heterocycles. The van der Waals surface area contributed by atoms with Crippen LogP contribution < -0.4 is 5.32 Å². The molecule has 1 nitrogen and oxygen atoms in total. The van der Waals surface area contributed by atoms with Gasteiger partial charge in [0.2, 0.25) is 0 Å². The molecule has 0 amide bonds. The average molecular weight is 292 g/mol. The molecule has 2 unspecified atom stereocenters. The Balaban J connectivity index is 1.50. The molecule has 20 heavy (non-hydrogen) atoms. The lowest BCUT2D eigenvalue weighted by Crippen LogP contribution is -2.47. The van der Waals surface area contributed by atoms with E-state index in [0.29, 0.717) is 5.92 Å². The van der Waals surface area contributed by atoms with Crippen LogP contribution in [0.25, 0.3) is 0 Å². The Morgan fingerprint density at radius 2 is 1.90 bits per heavy atom. The van der Waals surface area contributed by atoms with Crippen LogP contribution in [0, 0.1) is 5.92 Å². The largest absolute Gasteiger partial charge is 0.311 e. The fraction of sp³-hybridized carbons (Fsp3) is 0.667. The van der Waals surface area contributed by atoms with Crippen LogP contribution in [-0.2, 0) is 0 Å². The third-order valence-electron chi connectivity index (χ3n) is 5.27. The molecule has 1 N–H and O–H groups in total. The average Bonchev–Trinajstić information content (AvgIpc) is 2.58. The fourth-order valence-corrected chi connectivity index (χ4v) is 4.03. The summed E-state index contributed by atoms with van der Waals surface area (Å²) in [5.74, 6) is 1.56. The Morgan fingerprint density at radius 3 is 2.70 bits per heavy atom. The summed E-state index contributed by atoms with van der Waals surface area (Å²) in [4.78, 5) is 0. The van der Waals surface area contributed by atoms with Crippen molar-refractivity contribution in [2.75, 3.05) is 0 Å². The Labute approximate surface area is 128 Å². The molecule has 2 fully saturated rings. The number of hydrogen-bond donors (Lipinski definition) is 1. The Hall–Kier alpha value is -0.530. The van der Waals surface area contributed by atoms with Crippen LogP contribution in [-0.4, -0.2) is 12.1 Å². The molecule has 0 heterocycles. The molecule has 2 saturated carbocycles. The minimum atomic E-state index is 0.715. The maximum atomic E-state index is 6.08. The van der Waals surface area contributed by atoms with Gasteiger partial charge in [-0.3, -0.25) is 0 Å². The zero-order valence-electron chi connectivity index (χ0n) is 12.4. The summed E-state index contributed by atoms with van der Waals surface area (Å²) in [6, 6.07) is 9.88. The molecule has 0 aliphatic heterocycles. The summed E-state index contributed by atoms with van der Waals surface area (Å²) in [7, 11) is 0. The van der Waals surface area contributed by atoms with E-state index >= 15 is 0 Å². The summed E-state index contributed by atoms with van der Waals surface area (Å²) in [5, 5.41) is 4.80. The summed E-state index contributed by atoms with van der Waals surface area (Å²) in [6.45, 7) is 2.43. The van der Waals surface area contributed by atoms with E-state index in [9.17, 15) is 0 Å². The van der Waals surface area contributed by atoms with Crippen molar-refractivity contribution in [1.82, 2.24) is 5.32 Å². The lowest BCUT2D eigenvalue weighted by Gasteiger charge is -2.40. The molecule has 0 saturated heterocycles. The highest BCUT2D eigenvalue weighted by Crippen LogP contribution is 2.38. The lowest BCUT2D eigenvalue weighted by atomic mass is 9.75. The van der Waals surface area contributed by atoms with Gasteiger partial charge in [0.15, 0.2) is 0 Å². The minimum absolute atomic E-state index is 0.715. The summed E-state index contributed by atoms with van der Waals surface area (Å²) in [6.07, 6.45) is 9.61. The second-order valence-electron chi connectivity index (χ2n) is 6.81. The van der Waals surface area contributed by atoms with Crippen molar-refractivity contribution in [3.8, 4) is 0 Å². The molecular formula is C18H26ClN. The minimum Gasteiger partial charge on any atom is -0.311 e. The maximum Gasteiger partial charge on any atom is 0.0408 e. The number of halogens is 1. The molecule has 1 aromatic rings. The first-order valence-electron chi connectivity index (χ1n) is 8.24. The predicted molar refractivity (Wildman–Crippen MR) is 86.4 cm³/mol. The van der Waals surface area contributed by atoms with E-state index < -0.39 is 0 Å².